The van der Waals surface area contributed by atoms with Crippen molar-refractivity contribution in [1.29, 1.82) is 0 Å². The Bertz CT molecular complexity index is 406. The molecule has 0 amide bonds. The average molecular weight is 273 g/mol. The SMILES string of the molecule is Cc1nc(C(N)CC(C)C)sc1CCO[N+](=O)[O-]. The number of aryl methyl sites for hydroxylation is 1. The maximum absolute atomic E-state index is 10.1. The number of nitrogens with two attached hydrogens (primary N) is 1. The molecule has 1 rings (SSSR count). The van der Waals surface area contributed by atoms with Crippen molar-refractivity contribution in [2.45, 2.75) is 39.7 Å². The molecule has 0 radical (unpaired) electrons. The molecule has 0 fully saturated rings. The van der Waals surface area contributed by atoms with Gasteiger partial charge in [-0.15, -0.1) is 21.5 Å². The zero-order valence-electron chi connectivity index (χ0n) is 10.9. The van der Waals surface area contributed by atoms with E-state index in [1.807, 2.05) is 6.92 Å². The van der Waals surface area contributed by atoms with Crippen LogP contribution in [0.2, 0.25) is 0 Å². The van der Waals surface area contributed by atoms with Crippen LogP contribution in [-0.2, 0) is 11.3 Å². The van der Waals surface area contributed by atoms with E-state index in [4.69, 9.17) is 5.73 Å². The monoisotopic (exact) mass is 273 g/mol. The van der Waals surface area contributed by atoms with Crippen molar-refractivity contribution in [2.24, 2.45) is 11.7 Å². The minimum absolute atomic E-state index is 0.0566. The van der Waals surface area contributed by atoms with Crippen molar-refractivity contribution < 1.29 is 9.92 Å². The lowest BCUT2D eigenvalue weighted by molar-refractivity contribution is -0.757. The Morgan fingerprint density at radius 3 is 2.78 bits per heavy atom. The van der Waals surface area contributed by atoms with Gasteiger partial charge in [0.25, 0.3) is 5.09 Å². The van der Waals surface area contributed by atoms with Crippen LogP contribution in [0, 0.1) is 23.0 Å². The van der Waals surface area contributed by atoms with E-state index in [1.54, 1.807) is 0 Å². The molecular formula is C11H19N3O3S. The summed E-state index contributed by atoms with van der Waals surface area (Å²) in [6.45, 7) is 6.19. The summed E-state index contributed by atoms with van der Waals surface area (Å²) in [5.41, 5.74) is 6.95. The van der Waals surface area contributed by atoms with E-state index < -0.39 is 5.09 Å². The molecule has 2 N–H and O–H groups in total. The summed E-state index contributed by atoms with van der Waals surface area (Å²) in [4.78, 5) is 19.8. The van der Waals surface area contributed by atoms with Gasteiger partial charge in [0.1, 0.15) is 11.6 Å². The first-order valence-electron chi connectivity index (χ1n) is 5.89. The second kappa shape index (κ2) is 6.65. The lowest BCUT2D eigenvalue weighted by Crippen LogP contribution is -2.12. The first-order valence-corrected chi connectivity index (χ1v) is 6.71. The van der Waals surface area contributed by atoms with Gasteiger partial charge in [0, 0.05) is 11.3 Å². The Labute approximate surface area is 110 Å². The summed E-state index contributed by atoms with van der Waals surface area (Å²) < 4.78 is 0. The standard InChI is InChI=1S/C11H19N3O3S/c1-7(2)6-9(12)11-13-8(3)10(18-11)4-5-17-14(15)16/h7,9H,4-6,12H2,1-3H3. The van der Waals surface area contributed by atoms with Gasteiger partial charge < -0.3 is 10.6 Å². The summed E-state index contributed by atoms with van der Waals surface area (Å²) >= 11 is 1.52. The highest BCUT2D eigenvalue weighted by Crippen LogP contribution is 2.26. The Balaban J connectivity index is 2.60. The van der Waals surface area contributed by atoms with Crippen molar-refractivity contribution in [2.75, 3.05) is 6.61 Å². The van der Waals surface area contributed by atoms with Gasteiger partial charge in [-0.05, 0) is 19.3 Å². The molecule has 1 aromatic heterocycles. The van der Waals surface area contributed by atoms with Crippen molar-refractivity contribution in [3.05, 3.63) is 25.7 Å². The molecule has 1 unspecified atom stereocenters. The third kappa shape index (κ3) is 4.58. The second-order valence-electron chi connectivity index (χ2n) is 4.60. The Hall–Kier alpha value is -1.21. The smallest absolute Gasteiger partial charge is 0.294 e. The molecule has 18 heavy (non-hydrogen) atoms. The number of hydrogen-bond donors (Lipinski definition) is 1. The number of rotatable bonds is 7. The van der Waals surface area contributed by atoms with Crippen LogP contribution >= 0.6 is 11.3 Å². The summed E-state index contributed by atoms with van der Waals surface area (Å²) in [7, 11) is 0. The highest BCUT2D eigenvalue weighted by Gasteiger charge is 2.15. The van der Waals surface area contributed by atoms with Crippen molar-refractivity contribution >= 4 is 11.3 Å². The van der Waals surface area contributed by atoms with E-state index in [-0.39, 0.29) is 12.6 Å². The van der Waals surface area contributed by atoms with Gasteiger partial charge in [0.15, 0.2) is 0 Å². The number of nitrogens with zero attached hydrogens (tertiary/aromatic N) is 2. The maximum atomic E-state index is 10.1. The van der Waals surface area contributed by atoms with Crippen LogP contribution in [0.3, 0.4) is 0 Å². The van der Waals surface area contributed by atoms with Gasteiger partial charge in [-0.3, -0.25) is 0 Å². The minimum Gasteiger partial charge on any atom is -0.322 e. The van der Waals surface area contributed by atoms with Gasteiger partial charge in [0.05, 0.1) is 11.7 Å². The van der Waals surface area contributed by atoms with Gasteiger partial charge in [-0.25, -0.2) is 4.98 Å². The first-order chi connectivity index (χ1) is 8.40. The van der Waals surface area contributed by atoms with Crippen LogP contribution < -0.4 is 5.73 Å². The number of thiazole rings is 1. The fourth-order valence-corrected chi connectivity index (χ4v) is 2.72. The molecule has 1 atom stereocenters. The van der Waals surface area contributed by atoms with Crippen LogP contribution in [-0.4, -0.2) is 16.7 Å². The molecule has 1 heterocycles. The third-order valence-corrected chi connectivity index (χ3v) is 3.83. The van der Waals surface area contributed by atoms with E-state index in [9.17, 15) is 10.1 Å². The Morgan fingerprint density at radius 1 is 1.56 bits per heavy atom. The lowest BCUT2D eigenvalue weighted by atomic mass is 10.1. The van der Waals surface area contributed by atoms with Gasteiger partial charge >= 0.3 is 0 Å². The third-order valence-electron chi connectivity index (χ3n) is 2.48. The zero-order chi connectivity index (χ0) is 13.7. The van der Waals surface area contributed by atoms with Gasteiger partial charge in [-0.2, -0.15) is 0 Å². The van der Waals surface area contributed by atoms with Crippen LogP contribution in [0.5, 0.6) is 0 Å². The summed E-state index contributed by atoms with van der Waals surface area (Å²) in [5, 5.41) is 10.2. The fraction of sp³-hybridized carbons (Fsp3) is 0.727. The van der Waals surface area contributed by atoms with Crippen LogP contribution in [0.15, 0.2) is 0 Å². The largest absolute Gasteiger partial charge is 0.322 e. The van der Waals surface area contributed by atoms with Crippen LogP contribution in [0.25, 0.3) is 0 Å². The fourth-order valence-electron chi connectivity index (χ4n) is 1.66. The molecule has 102 valence electrons. The molecule has 0 aliphatic rings. The molecule has 1 aromatic rings. The molecular weight excluding hydrogens is 254 g/mol. The Morgan fingerprint density at radius 2 is 2.22 bits per heavy atom. The van der Waals surface area contributed by atoms with Gasteiger partial charge in [0.2, 0.25) is 0 Å². The molecule has 0 aliphatic carbocycles. The molecule has 0 aliphatic heterocycles. The van der Waals surface area contributed by atoms with E-state index in [1.165, 1.54) is 11.3 Å². The normalized spacial score (nSPS) is 12.7. The molecule has 0 spiro atoms. The lowest BCUT2D eigenvalue weighted by Gasteiger charge is -2.10. The molecule has 0 saturated heterocycles. The van der Waals surface area contributed by atoms with E-state index >= 15 is 0 Å². The first kappa shape index (κ1) is 14.8. The summed E-state index contributed by atoms with van der Waals surface area (Å²) in [5.74, 6) is 0.519. The highest BCUT2D eigenvalue weighted by molar-refractivity contribution is 7.11. The highest BCUT2D eigenvalue weighted by atomic mass is 32.1. The van der Waals surface area contributed by atoms with E-state index in [2.05, 4.69) is 23.7 Å². The minimum atomic E-state index is -0.776. The molecule has 0 aromatic carbocycles. The van der Waals surface area contributed by atoms with Crippen molar-refractivity contribution in [3.8, 4) is 0 Å². The summed E-state index contributed by atoms with van der Waals surface area (Å²) in [6, 6.07) is -0.0566. The second-order valence-corrected chi connectivity index (χ2v) is 5.72. The van der Waals surface area contributed by atoms with Crippen LogP contribution in [0.1, 0.15) is 41.9 Å². The van der Waals surface area contributed by atoms with Crippen LogP contribution in [0.4, 0.5) is 0 Å². The van der Waals surface area contributed by atoms with E-state index in [0.29, 0.717) is 12.3 Å². The Kier molecular flexibility index (Phi) is 5.49. The van der Waals surface area contributed by atoms with Gasteiger partial charge in [-0.1, -0.05) is 13.8 Å². The van der Waals surface area contributed by atoms with E-state index in [0.717, 1.165) is 22.0 Å². The molecule has 0 saturated carbocycles. The summed E-state index contributed by atoms with van der Waals surface area (Å²) in [6.07, 6.45) is 1.39. The number of hydrogen-bond acceptors (Lipinski definition) is 6. The maximum Gasteiger partial charge on any atom is 0.294 e. The van der Waals surface area contributed by atoms with Crippen molar-refractivity contribution in [1.82, 2.24) is 4.98 Å². The molecule has 7 heteroatoms. The van der Waals surface area contributed by atoms with Crippen molar-refractivity contribution in [3.63, 3.8) is 0 Å². The quantitative estimate of drug-likeness (QED) is 0.607. The number of aromatic nitrogens is 1. The average Bonchev–Trinajstić information content (AvgIpc) is 2.59. The zero-order valence-corrected chi connectivity index (χ0v) is 11.7. The topological polar surface area (TPSA) is 91.3 Å². The predicted molar refractivity (Wildman–Crippen MR) is 69.9 cm³/mol. The molecule has 6 nitrogen and oxygen atoms in total. The predicted octanol–water partition coefficient (Wildman–Crippen LogP) is 2.25. The molecule has 0 bridgehead atoms.